The van der Waals surface area contributed by atoms with Crippen LogP contribution in [0.15, 0.2) is 27.6 Å². The van der Waals surface area contributed by atoms with Crippen molar-refractivity contribution in [3.63, 3.8) is 0 Å². The number of carbonyl (C=O) groups excluding carboxylic acids is 1. The van der Waals surface area contributed by atoms with Crippen LogP contribution in [0, 0.1) is 0 Å². The second-order valence-electron chi connectivity index (χ2n) is 3.68. The van der Waals surface area contributed by atoms with Crippen LogP contribution in [0.25, 0.3) is 0 Å². The first-order valence-corrected chi connectivity index (χ1v) is 7.87. The summed E-state index contributed by atoms with van der Waals surface area (Å²) in [7, 11) is -0.933. The van der Waals surface area contributed by atoms with E-state index < -0.39 is 10.8 Å². The fourth-order valence-electron chi connectivity index (χ4n) is 1.15. The van der Waals surface area contributed by atoms with Gasteiger partial charge >= 0.3 is 0 Å². The van der Waals surface area contributed by atoms with Crippen LogP contribution in [-0.4, -0.2) is 28.2 Å². The summed E-state index contributed by atoms with van der Waals surface area (Å²) in [6.45, 7) is 2.23. The lowest BCUT2D eigenvalue weighted by Crippen LogP contribution is -2.32. The number of rotatable bonds is 4. The van der Waals surface area contributed by atoms with Crippen molar-refractivity contribution >= 4 is 45.3 Å². The molecule has 0 fully saturated rings. The molecule has 1 aromatic rings. The zero-order valence-electron chi connectivity index (χ0n) is 9.57. The minimum absolute atomic E-state index is 0.0576. The number of hydrogen-bond acceptors (Lipinski definition) is 3. The van der Waals surface area contributed by atoms with Crippen molar-refractivity contribution in [2.75, 3.05) is 12.8 Å². The first kappa shape index (κ1) is 14.7. The number of thiol groups is 1. The van der Waals surface area contributed by atoms with Gasteiger partial charge in [0.2, 0.25) is 0 Å². The summed E-state index contributed by atoms with van der Waals surface area (Å²) in [5, 5.41) is 2.69. The first-order valence-electron chi connectivity index (χ1n) is 5.00. The number of hydrogen-bond donors (Lipinski definition) is 2. The SMILES string of the molecule is CC(CNC(=O)c1ccc(Br)cc1S)S(C)=O. The van der Waals surface area contributed by atoms with Crippen molar-refractivity contribution < 1.29 is 9.00 Å². The van der Waals surface area contributed by atoms with Gasteiger partial charge in [0.1, 0.15) is 0 Å². The monoisotopic (exact) mass is 335 g/mol. The highest BCUT2D eigenvalue weighted by atomic mass is 79.9. The van der Waals surface area contributed by atoms with E-state index in [9.17, 15) is 9.00 Å². The van der Waals surface area contributed by atoms with E-state index in [0.29, 0.717) is 17.0 Å². The minimum atomic E-state index is -0.933. The van der Waals surface area contributed by atoms with E-state index in [2.05, 4.69) is 33.9 Å². The molecule has 0 aliphatic rings. The molecule has 1 rings (SSSR count). The topological polar surface area (TPSA) is 46.2 Å². The first-order chi connectivity index (χ1) is 7.91. The van der Waals surface area contributed by atoms with Crippen molar-refractivity contribution in [2.24, 2.45) is 0 Å². The maximum Gasteiger partial charge on any atom is 0.252 e. The lowest BCUT2D eigenvalue weighted by atomic mass is 10.2. The van der Waals surface area contributed by atoms with Crippen molar-refractivity contribution in [1.82, 2.24) is 5.32 Å². The van der Waals surface area contributed by atoms with Crippen molar-refractivity contribution in [1.29, 1.82) is 0 Å². The molecular weight excluding hydrogens is 322 g/mol. The predicted octanol–water partition coefficient (Wildman–Crippen LogP) is 2.23. The molecule has 6 heteroatoms. The normalized spacial score (nSPS) is 14.1. The van der Waals surface area contributed by atoms with E-state index in [1.165, 1.54) is 0 Å². The fraction of sp³-hybridized carbons (Fsp3) is 0.364. The van der Waals surface area contributed by atoms with Gasteiger partial charge in [-0.3, -0.25) is 9.00 Å². The van der Waals surface area contributed by atoms with Gasteiger partial charge in [0.25, 0.3) is 5.91 Å². The van der Waals surface area contributed by atoms with Crippen LogP contribution in [-0.2, 0) is 10.8 Å². The summed E-state index contributed by atoms with van der Waals surface area (Å²) in [4.78, 5) is 12.4. The number of nitrogens with one attached hydrogen (secondary N) is 1. The Kier molecular flexibility index (Phi) is 5.69. The predicted molar refractivity (Wildman–Crippen MR) is 77.3 cm³/mol. The van der Waals surface area contributed by atoms with E-state index in [1.54, 1.807) is 24.5 Å². The summed E-state index contributed by atoms with van der Waals surface area (Å²) in [5.74, 6) is -0.195. The highest BCUT2D eigenvalue weighted by Gasteiger charge is 2.12. The Morgan fingerprint density at radius 3 is 2.76 bits per heavy atom. The molecule has 3 nitrogen and oxygen atoms in total. The Morgan fingerprint density at radius 2 is 2.24 bits per heavy atom. The summed E-state index contributed by atoms with van der Waals surface area (Å²) in [5.41, 5.74) is 0.519. The molecule has 1 amide bonds. The van der Waals surface area contributed by atoms with Crippen LogP contribution >= 0.6 is 28.6 Å². The molecule has 17 heavy (non-hydrogen) atoms. The second-order valence-corrected chi connectivity index (χ2v) is 6.88. The average molecular weight is 336 g/mol. The van der Waals surface area contributed by atoms with Crippen LogP contribution in [0.1, 0.15) is 17.3 Å². The Bertz CT molecular complexity index is 451. The molecule has 0 saturated carbocycles. The fourth-order valence-corrected chi connectivity index (χ4v) is 2.32. The van der Waals surface area contributed by atoms with E-state index >= 15 is 0 Å². The van der Waals surface area contributed by atoms with Crippen molar-refractivity contribution in [3.8, 4) is 0 Å². The van der Waals surface area contributed by atoms with Gasteiger partial charge < -0.3 is 5.32 Å². The molecule has 0 saturated heterocycles. The Hall–Kier alpha value is -0.330. The molecule has 2 unspecified atom stereocenters. The third-order valence-corrected chi connectivity index (χ3v) is 4.48. The molecule has 0 radical (unpaired) electrons. The molecule has 1 aromatic carbocycles. The molecule has 1 N–H and O–H groups in total. The average Bonchev–Trinajstić information content (AvgIpc) is 2.25. The molecule has 94 valence electrons. The van der Waals surface area contributed by atoms with Crippen LogP contribution < -0.4 is 5.32 Å². The number of halogens is 1. The van der Waals surface area contributed by atoms with Gasteiger partial charge in [-0.15, -0.1) is 12.6 Å². The summed E-state index contributed by atoms with van der Waals surface area (Å²) < 4.78 is 12.0. The van der Waals surface area contributed by atoms with Gasteiger partial charge in [-0.05, 0) is 25.1 Å². The van der Waals surface area contributed by atoms with Crippen LogP contribution in [0.2, 0.25) is 0 Å². The quantitative estimate of drug-likeness (QED) is 0.829. The Morgan fingerprint density at radius 1 is 1.59 bits per heavy atom. The van der Waals surface area contributed by atoms with Gasteiger partial charge in [-0.25, -0.2) is 0 Å². The van der Waals surface area contributed by atoms with Crippen molar-refractivity contribution in [2.45, 2.75) is 17.1 Å². The van der Waals surface area contributed by atoms with Crippen LogP contribution in [0.5, 0.6) is 0 Å². The van der Waals surface area contributed by atoms with E-state index in [1.807, 2.05) is 6.92 Å². The summed E-state index contributed by atoms with van der Waals surface area (Å²) >= 11 is 7.55. The van der Waals surface area contributed by atoms with Gasteiger partial charge in [-0.2, -0.15) is 0 Å². The molecule has 0 aromatic heterocycles. The minimum Gasteiger partial charge on any atom is -0.351 e. The molecular formula is C11H14BrNO2S2. The van der Waals surface area contributed by atoms with E-state index in [0.717, 1.165) is 4.47 Å². The number of carbonyl (C=O) groups is 1. The molecule has 0 spiro atoms. The lowest BCUT2D eigenvalue weighted by Gasteiger charge is -2.11. The number of benzene rings is 1. The molecule has 0 heterocycles. The largest absolute Gasteiger partial charge is 0.351 e. The third-order valence-electron chi connectivity index (χ3n) is 2.32. The maximum absolute atomic E-state index is 11.8. The molecule has 0 aliphatic carbocycles. The van der Waals surface area contributed by atoms with Gasteiger partial charge in [0.15, 0.2) is 0 Å². The summed E-state index contributed by atoms with van der Waals surface area (Å²) in [6.07, 6.45) is 1.63. The standard InChI is InChI=1S/C11H14BrNO2S2/c1-7(17(2)15)6-13-11(14)9-4-3-8(12)5-10(9)16/h3-5,7,16H,6H2,1-2H3,(H,13,14). The highest BCUT2D eigenvalue weighted by molar-refractivity contribution is 9.10. The van der Waals surface area contributed by atoms with Gasteiger partial charge in [0, 0.05) is 38.2 Å². The Labute approximate surface area is 117 Å². The second kappa shape index (κ2) is 6.56. The number of amides is 1. The molecule has 0 bridgehead atoms. The third kappa shape index (κ3) is 4.44. The van der Waals surface area contributed by atoms with Crippen LogP contribution in [0.4, 0.5) is 0 Å². The molecule has 2 atom stereocenters. The highest BCUT2D eigenvalue weighted by Crippen LogP contribution is 2.19. The lowest BCUT2D eigenvalue weighted by molar-refractivity contribution is 0.0951. The Balaban J connectivity index is 2.67. The smallest absolute Gasteiger partial charge is 0.252 e. The zero-order valence-corrected chi connectivity index (χ0v) is 12.9. The van der Waals surface area contributed by atoms with Gasteiger partial charge in [0.05, 0.1) is 5.56 Å². The molecule has 0 aliphatic heterocycles. The summed E-state index contributed by atoms with van der Waals surface area (Å²) in [6, 6.07) is 5.25. The van der Waals surface area contributed by atoms with Crippen LogP contribution in [0.3, 0.4) is 0 Å². The van der Waals surface area contributed by atoms with E-state index in [4.69, 9.17) is 0 Å². The van der Waals surface area contributed by atoms with E-state index in [-0.39, 0.29) is 11.2 Å². The zero-order chi connectivity index (χ0) is 13.0. The maximum atomic E-state index is 11.8. The van der Waals surface area contributed by atoms with Crippen molar-refractivity contribution in [3.05, 3.63) is 28.2 Å². The van der Waals surface area contributed by atoms with Gasteiger partial charge in [-0.1, -0.05) is 15.9 Å².